The molecule has 0 bridgehead atoms. The molecular formula is C17H24N4OS. The van der Waals surface area contributed by atoms with Gasteiger partial charge in [-0.25, -0.2) is 0 Å². The number of carbonyl (C=O) groups is 1. The lowest BCUT2D eigenvalue weighted by Crippen LogP contribution is -2.12. The van der Waals surface area contributed by atoms with Gasteiger partial charge in [0.25, 0.3) is 0 Å². The summed E-state index contributed by atoms with van der Waals surface area (Å²) in [4.78, 5) is 10.9. The van der Waals surface area contributed by atoms with Crippen LogP contribution < -0.4 is 5.73 Å². The summed E-state index contributed by atoms with van der Waals surface area (Å²) in [7, 11) is 1.92. The molecule has 0 saturated heterocycles. The molecule has 2 N–H and O–H groups in total. The fourth-order valence-corrected chi connectivity index (χ4v) is 3.06. The first-order valence-electron chi connectivity index (χ1n) is 7.66. The Morgan fingerprint density at radius 3 is 2.43 bits per heavy atom. The van der Waals surface area contributed by atoms with Crippen LogP contribution in [0.15, 0.2) is 29.4 Å². The molecule has 0 aliphatic heterocycles. The summed E-state index contributed by atoms with van der Waals surface area (Å²) in [6.45, 7) is 6.64. The molecule has 0 aliphatic rings. The molecule has 1 amide bonds. The van der Waals surface area contributed by atoms with Crippen LogP contribution in [0.25, 0.3) is 0 Å². The van der Waals surface area contributed by atoms with Crippen LogP contribution in [0.1, 0.15) is 44.1 Å². The number of rotatable bonds is 6. The van der Waals surface area contributed by atoms with Crippen LogP contribution in [0.5, 0.6) is 0 Å². The normalized spacial score (nSPS) is 11.7. The Balaban J connectivity index is 1.97. The molecule has 0 aliphatic carbocycles. The molecule has 1 heterocycles. The number of thioether (sulfide) groups is 1. The van der Waals surface area contributed by atoms with Crippen molar-refractivity contribution in [1.29, 1.82) is 0 Å². The Morgan fingerprint density at radius 2 is 1.87 bits per heavy atom. The van der Waals surface area contributed by atoms with Gasteiger partial charge < -0.3 is 10.3 Å². The van der Waals surface area contributed by atoms with Crippen molar-refractivity contribution in [3.63, 3.8) is 0 Å². The number of aromatic nitrogens is 3. The van der Waals surface area contributed by atoms with Crippen LogP contribution in [-0.2, 0) is 29.4 Å². The number of carbonyl (C=O) groups excluding carboxylic acids is 1. The van der Waals surface area contributed by atoms with Gasteiger partial charge in [-0.15, -0.1) is 10.2 Å². The highest BCUT2D eigenvalue weighted by atomic mass is 32.2. The van der Waals surface area contributed by atoms with Gasteiger partial charge in [0, 0.05) is 25.6 Å². The first kappa shape index (κ1) is 17.5. The van der Waals surface area contributed by atoms with Gasteiger partial charge in [0.1, 0.15) is 5.82 Å². The number of nitrogens with two attached hydrogens (primary N) is 1. The van der Waals surface area contributed by atoms with Crippen LogP contribution >= 0.6 is 11.8 Å². The minimum atomic E-state index is -0.318. The minimum absolute atomic E-state index is 0.171. The van der Waals surface area contributed by atoms with E-state index in [1.54, 1.807) is 11.8 Å². The third-order valence-electron chi connectivity index (χ3n) is 3.71. The number of benzene rings is 1. The number of amides is 1. The van der Waals surface area contributed by atoms with Crippen molar-refractivity contribution in [2.24, 2.45) is 12.8 Å². The third kappa shape index (κ3) is 4.82. The topological polar surface area (TPSA) is 73.8 Å². The van der Waals surface area contributed by atoms with Crippen molar-refractivity contribution >= 4 is 17.7 Å². The molecule has 124 valence electrons. The zero-order valence-electron chi connectivity index (χ0n) is 14.2. The van der Waals surface area contributed by atoms with Gasteiger partial charge in [0.05, 0.1) is 0 Å². The van der Waals surface area contributed by atoms with Gasteiger partial charge in [0.2, 0.25) is 5.91 Å². The molecule has 5 nitrogen and oxygen atoms in total. The molecule has 0 unspecified atom stereocenters. The highest BCUT2D eigenvalue weighted by Crippen LogP contribution is 2.25. The van der Waals surface area contributed by atoms with Gasteiger partial charge in [-0.3, -0.25) is 4.79 Å². The van der Waals surface area contributed by atoms with E-state index >= 15 is 0 Å². The van der Waals surface area contributed by atoms with Crippen molar-refractivity contribution in [2.75, 3.05) is 0 Å². The van der Waals surface area contributed by atoms with E-state index < -0.39 is 0 Å². The lowest BCUT2D eigenvalue weighted by molar-refractivity contribution is -0.118. The van der Waals surface area contributed by atoms with Crippen LogP contribution in [0.2, 0.25) is 0 Å². The first-order chi connectivity index (χ1) is 10.8. The number of aryl methyl sites for hydroxylation is 1. The van der Waals surface area contributed by atoms with Gasteiger partial charge in [-0.05, 0) is 16.5 Å². The molecular weight excluding hydrogens is 308 g/mol. The molecule has 6 heteroatoms. The molecule has 2 aromatic rings. The van der Waals surface area contributed by atoms with Crippen LogP contribution in [0.4, 0.5) is 0 Å². The van der Waals surface area contributed by atoms with E-state index in [1.807, 2.05) is 11.6 Å². The van der Waals surface area contributed by atoms with Crippen molar-refractivity contribution in [3.8, 4) is 0 Å². The predicted octanol–water partition coefficient (Wildman–Crippen LogP) is 2.82. The molecule has 0 saturated carbocycles. The number of hydrogen-bond acceptors (Lipinski definition) is 4. The minimum Gasteiger partial charge on any atom is -0.370 e. The van der Waals surface area contributed by atoms with Gasteiger partial charge in [-0.2, -0.15) is 0 Å². The maximum absolute atomic E-state index is 10.9. The summed E-state index contributed by atoms with van der Waals surface area (Å²) in [6.07, 6.45) is 0.824. The molecule has 23 heavy (non-hydrogen) atoms. The fraction of sp³-hybridized carbons (Fsp3) is 0.471. The van der Waals surface area contributed by atoms with E-state index in [9.17, 15) is 4.79 Å². The number of hydrogen-bond donors (Lipinski definition) is 1. The quantitative estimate of drug-likeness (QED) is 0.826. The largest absolute Gasteiger partial charge is 0.370 e. The van der Waals surface area contributed by atoms with Crippen LogP contribution in [0.3, 0.4) is 0 Å². The van der Waals surface area contributed by atoms with Crippen LogP contribution in [0, 0.1) is 0 Å². The van der Waals surface area contributed by atoms with E-state index in [0.29, 0.717) is 12.8 Å². The lowest BCUT2D eigenvalue weighted by Gasteiger charge is -2.19. The monoisotopic (exact) mass is 332 g/mol. The van der Waals surface area contributed by atoms with E-state index in [1.165, 1.54) is 11.1 Å². The van der Waals surface area contributed by atoms with Gasteiger partial charge >= 0.3 is 0 Å². The number of primary amides is 1. The second-order valence-electron chi connectivity index (χ2n) is 6.66. The zero-order valence-corrected chi connectivity index (χ0v) is 15.0. The summed E-state index contributed by atoms with van der Waals surface area (Å²) in [5.41, 5.74) is 7.93. The Hall–Kier alpha value is -1.82. The smallest absolute Gasteiger partial charge is 0.217 e. The second-order valence-corrected chi connectivity index (χ2v) is 7.60. The van der Waals surface area contributed by atoms with E-state index in [0.717, 1.165) is 16.7 Å². The molecule has 2 rings (SSSR count). The van der Waals surface area contributed by atoms with Gasteiger partial charge in [-0.1, -0.05) is 56.8 Å². The Morgan fingerprint density at radius 1 is 1.22 bits per heavy atom. The molecule has 1 aromatic carbocycles. The molecule has 0 spiro atoms. The summed E-state index contributed by atoms with van der Waals surface area (Å²) >= 11 is 1.64. The molecule has 1 aromatic heterocycles. The summed E-state index contributed by atoms with van der Waals surface area (Å²) < 4.78 is 1.93. The van der Waals surface area contributed by atoms with E-state index in [4.69, 9.17) is 5.73 Å². The average Bonchev–Trinajstić information content (AvgIpc) is 2.83. The second kappa shape index (κ2) is 7.17. The summed E-state index contributed by atoms with van der Waals surface area (Å²) in [5, 5.41) is 9.17. The van der Waals surface area contributed by atoms with Crippen molar-refractivity contribution in [1.82, 2.24) is 14.8 Å². The molecule has 0 atom stereocenters. The Bertz CT molecular complexity index is 671. The highest BCUT2D eigenvalue weighted by Gasteiger charge is 2.13. The average molecular weight is 332 g/mol. The van der Waals surface area contributed by atoms with Crippen LogP contribution in [-0.4, -0.2) is 20.7 Å². The molecule has 0 radical (unpaired) electrons. The first-order valence-corrected chi connectivity index (χ1v) is 8.64. The maximum atomic E-state index is 10.9. The van der Waals surface area contributed by atoms with Crippen molar-refractivity contribution in [2.45, 2.75) is 49.9 Å². The van der Waals surface area contributed by atoms with Gasteiger partial charge in [0.15, 0.2) is 5.16 Å². The highest BCUT2D eigenvalue weighted by molar-refractivity contribution is 7.98. The number of nitrogens with zero attached hydrogens (tertiary/aromatic N) is 3. The van der Waals surface area contributed by atoms with Crippen molar-refractivity contribution < 1.29 is 4.79 Å². The maximum Gasteiger partial charge on any atom is 0.217 e. The fourth-order valence-electron chi connectivity index (χ4n) is 2.17. The van der Waals surface area contributed by atoms with E-state index in [2.05, 4.69) is 55.2 Å². The summed E-state index contributed by atoms with van der Waals surface area (Å²) in [6, 6.07) is 8.70. The third-order valence-corrected chi connectivity index (χ3v) is 4.80. The zero-order chi connectivity index (χ0) is 17.0. The Labute approximate surface area is 141 Å². The van der Waals surface area contributed by atoms with E-state index in [-0.39, 0.29) is 11.3 Å². The standard InChI is InChI=1S/C17H24N4OS/c1-17(2,3)13-7-5-12(6-8-13)11-23-16-20-19-15(21(16)4)10-9-14(18)22/h5-8H,9-11H2,1-4H3,(H2,18,22). The summed E-state index contributed by atoms with van der Waals surface area (Å²) in [5.74, 6) is 1.31. The molecule has 0 fully saturated rings. The Kier molecular flexibility index (Phi) is 5.46. The predicted molar refractivity (Wildman–Crippen MR) is 93.2 cm³/mol. The lowest BCUT2D eigenvalue weighted by atomic mass is 9.87. The van der Waals surface area contributed by atoms with Crippen molar-refractivity contribution in [3.05, 3.63) is 41.2 Å². The SMILES string of the molecule is Cn1c(CCC(N)=O)nnc1SCc1ccc(C(C)(C)C)cc1.